The lowest BCUT2D eigenvalue weighted by Crippen LogP contribution is -2.42. The van der Waals surface area contributed by atoms with E-state index in [1.165, 1.54) is 18.2 Å². The Morgan fingerprint density at radius 3 is 2.50 bits per heavy atom. The Morgan fingerprint density at radius 2 is 1.80 bits per heavy atom. The van der Waals surface area contributed by atoms with Gasteiger partial charge in [0.2, 0.25) is 0 Å². The van der Waals surface area contributed by atoms with Crippen molar-refractivity contribution in [1.29, 1.82) is 0 Å². The average Bonchev–Trinajstić information content (AvgIpc) is 3.46. The minimum absolute atomic E-state index is 0.0653. The first-order chi connectivity index (χ1) is 18.8. The number of halogens is 7. The standard InChI is InChI=1S/C25H17ClF6N6O2/c26-16-4-1-11(20-7-15(25(30,31)32)21-22(33)34-10-35-38(20)21)5-14(16)23(39)36-19-9-37(8-18(19)29)24(40)13-3-2-12(27)6-17(13)28/h1-7,10,18-19H,8-9H2,(H,36,39)(H2,33,34,35)/t18-,19+/m0/s1. The molecule has 2 amide bonds. The van der Waals surface area contributed by atoms with Crippen LogP contribution in [0.4, 0.5) is 32.2 Å². The molecule has 0 saturated carbocycles. The second-order valence-electron chi connectivity index (χ2n) is 8.97. The highest BCUT2D eigenvalue weighted by atomic mass is 35.5. The second-order valence-corrected chi connectivity index (χ2v) is 9.38. The fourth-order valence-corrected chi connectivity index (χ4v) is 4.70. The highest BCUT2D eigenvalue weighted by molar-refractivity contribution is 6.34. The summed E-state index contributed by atoms with van der Waals surface area (Å²) >= 11 is 6.19. The van der Waals surface area contributed by atoms with Gasteiger partial charge in [0.1, 0.15) is 29.7 Å². The molecule has 3 heterocycles. The molecular formula is C25H17ClF6N6O2. The number of benzene rings is 2. The number of hydrogen-bond acceptors (Lipinski definition) is 5. The van der Waals surface area contributed by atoms with Gasteiger partial charge in [0.05, 0.1) is 40.0 Å². The lowest BCUT2D eigenvalue weighted by molar-refractivity contribution is -0.136. The van der Waals surface area contributed by atoms with Crippen molar-refractivity contribution in [3.63, 3.8) is 0 Å². The summed E-state index contributed by atoms with van der Waals surface area (Å²) in [4.78, 5) is 30.3. The fourth-order valence-electron chi connectivity index (χ4n) is 4.49. The number of rotatable bonds is 4. The van der Waals surface area contributed by atoms with E-state index in [0.717, 1.165) is 33.9 Å². The van der Waals surface area contributed by atoms with Gasteiger partial charge in [0, 0.05) is 18.2 Å². The number of aromatic nitrogens is 3. The van der Waals surface area contributed by atoms with Gasteiger partial charge < -0.3 is 16.0 Å². The third-order valence-electron chi connectivity index (χ3n) is 6.41. The first-order valence-electron chi connectivity index (χ1n) is 11.5. The third-order valence-corrected chi connectivity index (χ3v) is 6.74. The maximum atomic E-state index is 14.8. The van der Waals surface area contributed by atoms with E-state index in [1.54, 1.807) is 0 Å². The van der Waals surface area contributed by atoms with Gasteiger partial charge in [-0.25, -0.2) is 22.7 Å². The van der Waals surface area contributed by atoms with Gasteiger partial charge in [0.25, 0.3) is 11.8 Å². The average molecular weight is 583 g/mol. The van der Waals surface area contributed by atoms with Crippen LogP contribution in [0.2, 0.25) is 5.02 Å². The van der Waals surface area contributed by atoms with Gasteiger partial charge in [0.15, 0.2) is 5.82 Å². The minimum Gasteiger partial charge on any atom is -0.382 e. The Morgan fingerprint density at radius 1 is 1.05 bits per heavy atom. The molecule has 5 rings (SSSR count). The molecule has 208 valence electrons. The van der Waals surface area contributed by atoms with Crippen molar-refractivity contribution < 1.29 is 35.9 Å². The number of carbonyl (C=O) groups is 2. The molecule has 2 aromatic heterocycles. The molecule has 1 fully saturated rings. The van der Waals surface area contributed by atoms with Crippen LogP contribution in [-0.4, -0.2) is 56.6 Å². The van der Waals surface area contributed by atoms with Crippen molar-refractivity contribution in [3.05, 3.63) is 82.1 Å². The largest absolute Gasteiger partial charge is 0.418 e. The number of amides is 2. The van der Waals surface area contributed by atoms with Crippen LogP contribution in [0.3, 0.4) is 0 Å². The molecule has 2 atom stereocenters. The zero-order valence-electron chi connectivity index (χ0n) is 20.0. The van der Waals surface area contributed by atoms with Crippen molar-refractivity contribution >= 4 is 34.7 Å². The second kappa shape index (κ2) is 10.0. The lowest BCUT2D eigenvalue weighted by atomic mass is 10.1. The van der Waals surface area contributed by atoms with E-state index < -0.39 is 70.8 Å². The van der Waals surface area contributed by atoms with Crippen LogP contribution in [0.15, 0.2) is 48.8 Å². The van der Waals surface area contributed by atoms with Crippen molar-refractivity contribution in [2.24, 2.45) is 0 Å². The van der Waals surface area contributed by atoms with Gasteiger partial charge in [-0.05, 0) is 30.3 Å². The summed E-state index contributed by atoms with van der Waals surface area (Å²) in [6, 6.07) is 5.79. The van der Waals surface area contributed by atoms with Gasteiger partial charge in [-0.3, -0.25) is 9.59 Å². The lowest BCUT2D eigenvalue weighted by Gasteiger charge is -2.17. The van der Waals surface area contributed by atoms with Crippen LogP contribution in [0.5, 0.6) is 0 Å². The van der Waals surface area contributed by atoms with Crippen LogP contribution < -0.4 is 11.1 Å². The number of fused-ring (bicyclic) bond motifs is 1. The highest BCUT2D eigenvalue weighted by Gasteiger charge is 2.38. The van der Waals surface area contributed by atoms with E-state index in [-0.39, 0.29) is 28.4 Å². The van der Waals surface area contributed by atoms with E-state index in [1.807, 2.05) is 0 Å². The predicted molar refractivity (Wildman–Crippen MR) is 131 cm³/mol. The van der Waals surface area contributed by atoms with Crippen molar-refractivity contribution in [3.8, 4) is 11.3 Å². The summed E-state index contributed by atoms with van der Waals surface area (Å²) in [6.45, 7) is -0.791. The molecule has 0 unspecified atom stereocenters. The maximum Gasteiger partial charge on any atom is 0.418 e. The molecule has 0 radical (unpaired) electrons. The van der Waals surface area contributed by atoms with Crippen molar-refractivity contribution in [1.82, 2.24) is 24.8 Å². The van der Waals surface area contributed by atoms with E-state index in [2.05, 4.69) is 15.4 Å². The Bertz CT molecular complexity index is 1660. The summed E-state index contributed by atoms with van der Waals surface area (Å²) in [5.41, 5.74) is 3.52. The molecule has 1 saturated heterocycles. The van der Waals surface area contributed by atoms with Crippen LogP contribution in [0.1, 0.15) is 26.3 Å². The molecule has 15 heteroatoms. The number of anilines is 1. The number of likely N-dealkylation sites (tertiary alicyclic amines) is 1. The van der Waals surface area contributed by atoms with Crippen LogP contribution in [-0.2, 0) is 6.18 Å². The Balaban J connectivity index is 1.41. The number of nitrogens with zero attached hydrogens (tertiary/aromatic N) is 4. The number of alkyl halides is 4. The van der Waals surface area contributed by atoms with E-state index >= 15 is 0 Å². The van der Waals surface area contributed by atoms with Crippen LogP contribution >= 0.6 is 11.6 Å². The fraction of sp³-hybridized carbons (Fsp3) is 0.200. The van der Waals surface area contributed by atoms with Crippen molar-refractivity contribution in [2.45, 2.75) is 18.4 Å². The smallest absolute Gasteiger partial charge is 0.382 e. The Labute approximate surface area is 226 Å². The summed E-state index contributed by atoms with van der Waals surface area (Å²) in [5, 5.41) is 6.20. The maximum absolute atomic E-state index is 14.8. The number of hydrogen-bond donors (Lipinski definition) is 2. The quantitative estimate of drug-likeness (QED) is 0.344. The Hall–Kier alpha value is -4.33. The minimum atomic E-state index is -4.78. The summed E-state index contributed by atoms with van der Waals surface area (Å²) in [7, 11) is 0. The molecule has 1 aliphatic heterocycles. The van der Waals surface area contributed by atoms with Crippen molar-refractivity contribution in [2.75, 3.05) is 18.8 Å². The number of carbonyl (C=O) groups excluding carboxylic acids is 2. The monoisotopic (exact) mass is 582 g/mol. The molecule has 40 heavy (non-hydrogen) atoms. The number of nitrogen functional groups attached to an aromatic ring is 1. The first-order valence-corrected chi connectivity index (χ1v) is 11.9. The highest BCUT2D eigenvalue weighted by Crippen LogP contribution is 2.39. The van der Waals surface area contributed by atoms with Gasteiger partial charge >= 0.3 is 6.18 Å². The molecule has 1 aliphatic rings. The summed E-state index contributed by atoms with van der Waals surface area (Å²) in [5.74, 6) is -4.17. The predicted octanol–water partition coefficient (Wildman–Crippen LogP) is 4.52. The molecular weight excluding hydrogens is 566 g/mol. The van der Waals surface area contributed by atoms with Crippen LogP contribution in [0, 0.1) is 11.6 Å². The Kier molecular flexibility index (Phi) is 6.82. The molecule has 8 nitrogen and oxygen atoms in total. The van der Waals surface area contributed by atoms with E-state index in [0.29, 0.717) is 6.07 Å². The number of nitrogens with two attached hydrogens (primary N) is 1. The normalized spacial score (nSPS) is 17.4. The van der Waals surface area contributed by atoms with Crippen LogP contribution in [0.25, 0.3) is 16.8 Å². The molecule has 0 aliphatic carbocycles. The molecule has 0 spiro atoms. The third kappa shape index (κ3) is 4.90. The molecule has 3 N–H and O–H groups in total. The topological polar surface area (TPSA) is 106 Å². The summed E-state index contributed by atoms with van der Waals surface area (Å²) in [6.07, 6.45) is -5.54. The zero-order valence-corrected chi connectivity index (χ0v) is 20.8. The molecule has 0 bridgehead atoms. The van der Waals surface area contributed by atoms with E-state index in [4.69, 9.17) is 17.3 Å². The summed E-state index contributed by atoms with van der Waals surface area (Å²) < 4.78 is 84.0. The van der Waals surface area contributed by atoms with Gasteiger partial charge in [-0.2, -0.15) is 18.3 Å². The van der Waals surface area contributed by atoms with Gasteiger partial charge in [-0.15, -0.1) is 0 Å². The molecule has 2 aromatic carbocycles. The molecule has 4 aromatic rings. The van der Waals surface area contributed by atoms with Gasteiger partial charge in [-0.1, -0.05) is 17.7 Å². The van der Waals surface area contributed by atoms with E-state index in [9.17, 15) is 35.9 Å². The first kappa shape index (κ1) is 27.2. The number of nitrogens with one attached hydrogen (secondary N) is 1. The zero-order chi connectivity index (χ0) is 28.9. The SMILES string of the molecule is Nc1ncnn2c(-c3ccc(Cl)c(C(=O)N[C@@H]4CN(C(=O)c5ccc(F)cc5F)C[C@@H]4F)c3)cc(C(F)(F)F)c12.